The van der Waals surface area contributed by atoms with Gasteiger partial charge in [0.25, 0.3) is 5.56 Å². The Bertz CT molecular complexity index is 723. The highest BCUT2D eigenvalue weighted by molar-refractivity contribution is 5.78. The first kappa shape index (κ1) is 12.8. The Balaban J connectivity index is 2.14. The molecular weight excluding hydrogens is 242 g/mol. The summed E-state index contributed by atoms with van der Waals surface area (Å²) >= 11 is 0. The van der Waals surface area contributed by atoms with E-state index in [1.165, 1.54) is 13.3 Å². The van der Waals surface area contributed by atoms with Gasteiger partial charge >= 0.3 is 0 Å². The van der Waals surface area contributed by atoms with Crippen LogP contribution in [0.4, 0.5) is 0 Å². The summed E-state index contributed by atoms with van der Waals surface area (Å²) in [6.45, 7) is 1.99. The fraction of sp³-hybridized carbons (Fsp3) is 0.214. The van der Waals surface area contributed by atoms with Crippen molar-refractivity contribution < 1.29 is 4.79 Å². The number of hydrogen-bond donors (Lipinski definition) is 2. The van der Waals surface area contributed by atoms with Gasteiger partial charge in [0.2, 0.25) is 5.91 Å². The van der Waals surface area contributed by atoms with Crippen LogP contribution >= 0.6 is 0 Å². The zero-order valence-corrected chi connectivity index (χ0v) is 10.5. The molecule has 0 aliphatic rings. The largest absolute Gasteiger partial charge is 0.355 e. The summed E-state index contributed by atoms with van der Waals surface area (Å²) in [5, 5.41) is 3.19. The second kappa shape index (κ2) is 5.83. The topological polar surface area (TPSA) is 74.8 Å². The number of carbonyl (C=O) groups excluding carboxylic acids is 1. The van der Waals surface area contributed by atoms with Crippen molar-refractivity contribution in [1.82, 2.24) is 15.3 Å². The van der Waals surface area contributed by atoms with Crippen molar-refractivity contribution in [2.45, 2.75) is 13.3 Å². The smallest absolute Gasteiger partial charge is 0.258 e. The van der Waals surface area contributed by atoms with Gasteiger partial charge in [-0.05, 0) is 18.2 Å². The normalized spacial score (nSPS) is 9.74. The van der Waals surface area contributed by atoms with E-state index in [1.54, 1.807) is 12.1 Å². The van der Waals surface area contributed by atoms with Crippen molar-refractivity contribution >= 4 is 16.8 Å². The van der Waals surface area contributed by atoms with E-state index >= 15 is 0 Å². The van der Waals surface area contributed by atoms with Crippen molar-refractivity contribution in [2.75, 3.05) is 6.54 Å². The lowest BCUT2D eigenvalue weighted by Gasteiger charge is -1.96. The Morgan fingerprint density at radius 3 is 3.11 bits per heavy atom. The number of benzene rings is 1. The predicted octanol–water partition coefficient (Wildman–Crippen LogP) is 0.801. The molecule has 96 valence electrons. The summed E-state index contributed by atoms with van der Waals surface area (Å²) in [5.74, 6) is 5.84. The molecule has 1 heterocycles. The molecule has 0 radical (unpaired) electrons. The molecule has 2 aromatic rings. The van der Waals surface area contributed by atoms with E-state index in [2.05, 4.69) is 27.1 Å². The minimum Gasteiger partial charge on any atom is -0.355 e. The third-order valence-corrected chi connectivity index (χ3v) is 2.50. The Labute approximate surface area is 110 Å². The average molecular weight is 255 g/mol. The number of fused-ring (bicyclic) bond motifs is 1. The number of aromatic amines is 1. The molecule has 2 rings (SSSR count). The van der Waals surface area contributed by atoms with Gasteiger partial charge in [-0.3, -0.25) is 9.59 Å². The number of amides is 1. The van der Waals surface area contributed by atoms with Gasteiger partial charge in [0.1, 0.15) is 0 Å². The average Bonchev–Trinajstić information content (AvgIpc) is 2.39. The Morgan fingerprint density at radius 2 is 2.32 bits per heavy atom. The molecule has 1 amide bonds. The summed E-state index contributed by atoms with van der Waals surface area (Å²) in [7, 11) is 0. The highest BCUT2D eigenvalue weighted by Crippen LogP contribution is 2.08. The summed E-state index contributed by atoms with van der Waals surface area (Å²) in [6, 6.07) is 5.30. The number of nitrogens with one attached hydrogen (secondary N) is 2. The van der Waals surface area contributed by atoms with E-state index in [-0.39, 0.29) is 11.5 Å². The van der Waals surface area contributed by atoms with Crippen molar-refractivity contribution in [2.24, 2.45) is 0 Å². The van der Waals surface area contributed by atoms with Gasteiger partial charge in [0.05, 0.1) is 17.2 Å². The Hall–Kier alpha value is -2.61. The lowest BCUT2D eigenvalue weighted by Crippen LogP contribution is -2.20. The molecule has 5 nitrogen and oxygen atoms in total. The SMILES string of the molecule is CC(=O)NCCC#Cc1ccc2nc[nH]c(=O)c2c1. The van der Waals surface area contributed by atoms with Gasteiger partial charge in [-0.15, -0.1) is 0 Å². The van der Waals surface area contributed by atoms with Crippen molar-refractivity contribution in [3.63, 3.8) is 0 Å². The first-order chi connectivity index (χ1) is 9.16. The van der Waals surface area contributed by atoms with Crippen molar-refractivity contribution in [3.05, 3.63) is 40.4 Å². The number of carbonyl (C=O) groups is 1. The molecule has 0 unspecified atom stereocenters. The summed E-state index contributed by atoms with van der Waals surface area (Å²) in [4.78, 5) is 28.8. The minimum atomic E-state index is -0.174. The summed E-state index contributed by atoms with van der Waals surface area (Å²) in [5.41, 5.74) is 1.23. The summed E-state index contributed by atoms with van der Waals surface area (Å²) < 4.78 is 0. The molecule has 1 aromatic heterocycles. The maximum Gasteiger partial charge on any atom is 0.258 e. The van der Waals surface area contributed by atoms with Crippen molar-refractivity contribution in [3.8, 4) is 11.8 Å². The molecule has 19 heavy (non-hydrogen) atoms. The molecule has 0 aliphatic carbocycles. The van der Waals surface area contributed by atoms with Crippen LogP contribution in [0.1, 0.15) is 18.9 Å². The van der Waals surface area contributed by atoms with Crippen LogP contribution in [-0.4, -0.2) is 22.4 Å². The van der Waals surface area contributed by atoms with E-state index in [0.29, 0.717) is 23.9 Å². The fourth-order valence-corrected chi connectivity index (χ4v) is 1.61. The number of hydrogen-bond acceptors (Lipinski definition) is 3. The minimum absolute atomic E-state index is 0.0647. The molecule has 0 spiro atoms. The van der Waals surface area contributed by atoms with E-state index < -0.39 is 0 Å². The molecule has 0 atom stereocenters. The van der Waals surface area contributed by atoms with Gasteiger partial charge in [0, 0.05) is 25.5 Å². The molecule has 0 saturated carbocycles. The lowest BCUT2D eigenvalue weighted by molar-refractivity contribution is -0.118. The van der Waals surface area contributed by atoms with Gasteiger partial charge in [0.15, 0.2) is 0 Å². The van der Waals surface area contributed by atoms with Crippen LogP contribution in [-0.2, 0) is 4.79 Å². The van der Waals surface area contributed by atoms with Crippen LogP contribution in [0.5, 0.6) is 0 Å². The lowest BCUT2D eigenvalue weighted by atomic mass is 10.1. The van der Waals surface area contributed by atoms with Gasteiger partial charge < -0.3 is 10.3 Å². The van der Waals surface area contributed by atoms with E-state index in [9.17, 15) is 9.59 Å². The third-order valence-electron chi connectivity index (χ3n) is 2.50. The monoisotopic (exact) mass is 255 g/mol. The molecule has 0 saturated heterocycles. The first-order valence-corrected chi connectivity index (χ1v) is 5.87. The van der Waals surface area contributed by atoms with Crippen LogP contribution in [0.3, 0.4) is 0 Å². The third kappa shape index (κ3) is 3.42. The highest BCUT2D eigenvalue weighted by atomic mass is 16.1. The van der Waals surface area contributed by atoms with E-state index in [0.717, 1.165) is 5.56 Å². The van der Waals surface area contributed by atoms with Gasteiger partial charge in [-0.1, -0.05) is 11.8 Å². The van der Waals surface area contributed by atoms with E-state index in [1.807, 2.05) is 6.07 Å². The maximum absolute atomic E-state index is 11.6. The van der Waals surface area contributed by atoms with Crippen LogP contribution < -0.4 is 10.9 Å². The van der Waals surface area contributed by atoms with Crippen LogP contribution in [0.15, 0.2) is 29.3 Å². The zero-order valence-electron chi connectivity index (χ0n) is 10.5. The maximum atomic E-state index is 11.6. The molecule has 0 aliphatic heterocycles. The van der Waals surface area contributed by atoms with Crippen LogP contribution in [0.25, 0.3) is 10.9 Å². The predicted molar refractivity (Wildman–Crippen MR) is 72.5 cm³/mol. The van der Waals surface area contributed by atoms with Gasteiger partial charge in [-0.25, -0.2) is 4.98 Å². The molecule has 1 aromatic carbocycles. The highest BCUT2D eigenvalue weighted by Gasteiger charge is 1.99. The van der Waals surface area contributed by atoms with Crippen LogP contribution in [0, 0.1) is 11.8 Å². The molecule has 2 N–H and O–H groups in total. The number of nitrogens with zero attached hydrogens (tertiary/aromatic N) is 1. The molecular formula is C14H13N3O2. The number of aromatic nitrogens is 2. The van der Waals surface area contributed by atoms with Gasteiger partial charge in [-0.2, -0.15) is 0 Å². The second-order valence-corrected chi connectivity index (χ2v) is 4.00. The molecule has 0 bridgehead atoms. The number of rotatable bonds is 2. The van der Waals surface area contributed by atoms with Crippen molar-refractivity contribution in [1.29, 1.82) is 0 Å². The molecule has 0 fully saturated rings. The Morgan fingerprint density at radius 1 is 1.47 bits per heavy atom. The second-order valence-electron chi connectivity index (χ2n) is 4.00. The van der Waals surface area contributed by atoms with E-state index in [4.69, 9.17) is 0 Å². The fourth-order valence-electron chi connectivity index (χ4n) is 1.61. The quantitative estimate of drug-likeness (QED) is 0.615. The zero-order chi connectivity index (χ0) is 13.7. The number of H-pyrrole nitrogens is 1. The Kier molecular flexibility index (Phi) is 3.94. The van der Waals surface area contributed by atoms with Crippen LogP contribution in [0.2, 0.25) is 0 Å². The summed E-state index contributed by atoms with van der Waals surface area (Å²) in [6.07, 6.45) is 1.95. The molecule has 5 heteroatoms. The standard InChI is InChI=1S/C14H13N3O2/c1-10(18)15-7-3-2-4-11-5-6-13-12(8-11)14(19)17-9-16-13/h5-6,8-9H,3,7H2,1H3,(H,15,18)(H,16,17,19). The first-order valence-electron chi connectivity index (χ1n) is 5.87.